The SMILES string of the molecule is O=C([O-])/C=C/c1ccc(F)c(C(F)(F)F)c1. The Hall–Kier alpha value is -1.85. The van der Waals surface area contributed by atoms with E-state index in [2.05, 4.69) is 0 Å². The lowest BCUT2D eigenvalue weighted by Crippen LogP contribution is -2.18. The van der Waals surface area contributed by atoms with Crippen molar-refractivity contribution in [1.82, 2.24) is 0 Å². The minimum atomic E-state index is -4.81. The first kappa shape index (κ1) is 12.2. The first-order chi connectivity index (χ1) is 7.30. The molecule has 0 heterocycles. The standard InChI is InChI=1S/C10H6F4O2/c11-8-3-1-6(2-4-9(15)16)5-7(8)10(12,13)14/h1-5H,(H,15,16)/p-1/b4-2+. The Bertz CT molecular complexity index is 435. The molecule has 0 N–H and O–H groups in total. The summed E-state index contributed by atoms with van der Waals surface area (Å²) in [6, 6.07) is 2.18. The fourth-order valence-electron chi connectivity index (χ4n) is 1.03. The van der Waals surface area contributed by atoms with Gasteiger partial charge in [0.05, 0.1) is 11.5 Å². The summed E-state index contributed by atoms with van der Waals surface area (Å²) in [5, 5.41) is 10.0. The van der Waals surface area contributed by atoms with Gasteiger partial charge in [-0.2, -0.15) is 13.2 Å². The molecule has 1 aromatic rings. The number of hydrogen-bond donors (Lipinski definition) is 0. The van der Waals surface area contributed by atoms with E-state index in [1.54, 1.807) is 0 Å². The number of halogens is 4. The van der Waals surface area contributed by atoms with Crippen molar-refractivity contribution in [3.8, 4) is 0 Å². The zero-order valence-corrected chi connectivity index (χ0v) is 7.72. The number of alkyl halides is 3. The molecule has 0 aliphatic heterocycles. The van der Waals surface area contributed by atoms with Crippen molar-refractivity contribution in [2.75, 3.05) is 0 Å². The molecule has 0 fully saturated rings. The Labute approximate surface area is 87.8 Å². The molecule has 0 saturated carbocycles. The topological polar surface area (TPSA) is 40.1 Å². The maximum Gasteiger partial charge on any atom is 0.419 e. The van der Waals surface area contributed by atoms with Crippen LogP contribution in [0.4, 0.5) is 17.6 Å². The monoisotopic (exact) mass is 233 g/mol. The van der Waals surface area contributed by atoms with Crippen molar-refractivity contribution in [3.63, 3.8) is 0 Å². The highest BCUT2D eigenvalue weighted by Crippen LogP contribution is 2.32. The van der Waals surface area contributed by atoms with Crippen LogP contribution in [0.3, 0.4) is 0 Å². The Morgan fingerprint density at radius 1 is 1.31 bits per heavy atom. The van der Waals surface area contributed by atoms with Gasteiger partial charge in [-0.3, -0.25) is 0 Å². The maximum atomic E-state index is 12.8. The Kier molecular flexibility index (Phi) is 3.31. The van der Waals surface area contributed by atoms with Crippen LogP contribution in [0.15, 0.2) is 24.3 Å². The number of rotatable bonds is 2. The summed E-state index contributed by atoms with van der Waals surface area (Å²) in [5.74, 6) is -2.95. The summed E-state index contributed by atoms with van der Waals surface area (Å²) in [4.78, 5) is 10.0. The summed E-state index contributed by atoms with van der Waals surface area (Å²) in [6.45, 7) is 0. The van der Waals surface area contributed by atoms with Gasteiger partial charge < -0.3 is 9.90 Å². The van der Waals surface area contributed by atoms with E-state index < -0.39 is 23.5 Å². The zero-order valence-electron chi connectivity index (χ0n) is 7.72. The predicted molar refractivity (Wildman–Crippen MR) is 45.4 cm³/mol. The lowest BCUT2D eigenvalue weighted by atomic mass is 10.1. The Morgan fingerprint density at radius 2 is 1.94 bits per heavy atom. The third-order valence-corrected chi connectivity index (χ3v) is 1.71. The maximum absolute atomic E-state index is 12.8. The van der Waals surface area contributed by atoms with Crippen LogP contribution in [0.2, 0.25) is 0 Å². The molecule has 0 atom stereocenters. The number of carbonyl (C=O) groups is 1. The van der Waals surface area contributed by atoms with Crippen LogP contribution >= 0.6 is 0 Å². The van der Waals surface area contributed by atoms with E-state index in [-0.39, 0.29) is 5.56 Å². The molecule has 0 spiro atoms. The normalized spacial score (nSPS) is 12.0. The molecule has 0 aliphatic rings. The smallest absolute Gasteiger partial charge is 0.419 e. The second kappa shape index (κ2) is 4.34. The molecule has 0 aromatic heterocycles. The van der Waals surface area contributed by atoms with Gasteiger partial charge in [-0.05, 0) is 23.8 Å². The first-order valence-corrected chi connectivity index (χ1v) is 4.06. The highest BCUT2D eigenvalue weighted by atomic mass is 19.4. The number of benzene rings is 1. The van der Waals surface area contributed by atoms with Gasteiger partial charge >= 0.3 is 6.18 Å². The quantitative estimate of drug-likeness (QED) is 0.575. The van der Waals surface area contributed by atoms with E-state index in [0.717, 1.165) is 12.1 Å². The third kappa shape index (κ3) is 3.08. The average molecular weight is 233 g/mol. The number of carboxylic acids is 1. The number of carboxylic acid groups (broad SMARTS) is 1. The molecular weight excluding hydrogens is 228 g/mol. The molecule has 1 aromatic carbocycles. The molecule has 0 radical (unpaired) electrons. The van der Waals surface area contributed by atoms with E-state index in [1.165, 1.54) is 0 Å². The van der Waals surface area contributed by atoms with Gasteiger partial charge in [0, 0.05) is 0 Å². The predicted octanol–water partition coefficient (Wildman–Crippen LogP) is 1.61. The molecule has 6 heteroatoms. The molecule has 16 heavy (non-hydrogen) atoms. The lowest BCUT2D eigenvalue weighted by Gasteiger charge is -2.08. The van der Waals surface area contributed by atoms with E-state index in [4.69, 9.17) is 0 Å². The van der Waals surface area contributed by atoms with Crippen LogP contribution in [0.1, 0.15) is 11.1 Å². The van der Waals surface area contributed by atoms with Gasteiger partial charge in [0.2, 0.25) is 0 Å². The Balaban J connectivity index is 3.13. The second-order valence-corrected chi connectivity index (χ2v) is 2.89. The molecule has 0 unspecified atom stereocenters. The van der Waals surface area contributed by atoms with Crippen LogP contribution in [0.25, 0.3) is 6.08 Å². The van der Waals surface area contributed by atoms with Crippen LogP contribution in [0, 0.1) is 5.82 Å². The number of carbonyl (C=O) groups excluding carboxylic acids is 1. The van der Waals surface area contributed by atoms with Crippen molar-refractivity contribution < 1.29 is 27.5 Å². The van der Waals surface area contributed by atoms with Crippen LogP contribution in [0.5, 0.6) is 0 Å². The summed E-state index contributed by atoms with van der Waals surface area (Å²) in [6.07, 6.45) is -3.35. The van der Waals surface area contributed by atoms with E-state index in [9.17, 15) is 27.5 Å². The summed E-state index contributed by atoms with van der Waals surface area (Å²) >= 11 is 0. The first-order valence-electron chi connectivity index (χ1n) is 4.06. The van der Waals surface area contributed by atoms with Gasteiger partial charge in [0.25, 0.3) is 0 Å². The van der Waals surface area contributed by atoms with Gasteiger partial charge in [-0.15, -0.1) is 0 Å². The number of aliphatic carboxylic acids is 1. The van der Waals surface area contributed by atoms with Gasteiger partial charge in [-0.1, -0.05) is 12.1 Å². The zero-order chi connectivity index (χ0) is 12.3. The fourth-order valence-corrected chi connectivity index (χ4v) is 1.03. The molecule has 0 amide bonds. The minimum Gasteiger partial charge on any atom is -0.545 e. The van der Waals surface area contributed by atoms with Gasteiger partial charge in [0.1, 0.15) is 5.82 Å². The molecule has 0 saturated heterocycles. The minimum absolute atomic E-state index is 0.0714. The molecule has 0 aliphatic carbocycles. The summed E-state index contributed by atoms with van der Waals surface area (Å²) in [5.41, 5.74) is -1.51. The molecule has 86 valence electrons. The lowest BCUT2D eigenvalue weighted by molar-refractivity contribution is -0.297. The summed E-state index contributed by atoms with van der Waals surface area (Å²) < 4.78 is 49.5. The molecule has 1 rings (SSSR count). The highest BCUT2D eigenvalue weighted by molar-refractivity contribution is 5.83. The average Bonchev–Trinajstić information content (AvgIpc) is 2.14. The van der Waals surface area contributed by atoms with Crippen LogP contribution in [-0.4, -0.2) is 5.97 Å². The second-order valence-electron chi connectivity index (χ2n) is 2.89. The molecule has 2 nitrogen and oxygen atoms in total. The van der Waals surface area contributed by atoms with Gasteiger partial charge in [0.15, 0.2) is 0 Å². The van der Waals surface area contributed by atoms with Crippen molar-refractivity contribution in [1.29, 1.82) is 0 Å². The van der Waals surface area contributed by atoms with E-state index in [1.807, 2.05) is 0 Å². The van der Waals surface area contributed by atoms with E-state index in [0.29, 0.717) is 18.2 Å². The van der Waals surface area contributed by atoms with Crippen molar-refractivity contribution in [2.24, 2.45) is 0 Å². The van der Waals surface area contributed by atoms with Crippen molar-refractivity contribution in [3.05, 3.63) is 41.2 Å². The van der Waals surface area contributed by atoms with Crippen molar-refractivity contribution in [2.45, 2.75) is 6.18 Å². The largest absolute Gasteiger partial charge is 0.545 e. The summed E-state index contributed by atoms with van der Waals surface area (Å²) in [7, 11) is 0. The third-order valence-electron chi connectivity index (χ3n) is 1.71. The van der Waals surface area contributed by atoms with Crippen LogP contribution in [-0.2, 0) is 11.0 Å². The van der Waals surface area contributed by atoms with Crippen molar-refractivity contribution >= 4 is 12.0 Å². The highest BCUT2D eigenvalue weighted by Gasteiger charge is 2.33. The molecular formula is C10H5F4O2-. The van der Waals surface area contributed by atoms with Crippen LogP contribution < -0.4 is 5.11 Å². The Morgan fingerprint density at radius 3 is 2.44 bits per heavy atom. The van der Waals surface area contributed by atoms with E-state index >= 15 is 0 Å². The van der Waals surface area contributed by atoms with Gasteiger partial charge in [-0.25, -0.2) is 4.39 Å². The number of hydrogen-bond acceptors (Lipinski definition) is 2. The molecule has 0 bridgehead atoms. The fraction of sp³-hybridized carbons (Fsp3) is 0.100.